The van der Waals surface area contributed by atoms with Gasteiger partial charge in [-0.15, -0.1) is 0 Å². The smallest absolute Gasteiger partial charge is 0.111 e. The standard InChI is InChI=1S/C40H28N2/c1-27-41-36-20-10-12-22-38(36)42(27)37-21-11-9-19-35(37)40-33-17-7-5-15-31(33)39(32-16-6-8-18-34(32)40)30-25-23-29(24-26-30)28-13-3-2-4-14-28/h2-26H,1H3/i2D,3D,4D,5D,6D,7D,8D,13D,14D,15D,16D,17D,18D. The summed E-state index contributed by atoms with van der Waals surface area (Å²) < 4.78 is 116. The summed E-state index contributed by atoms with van der Waals surface area (Å²) >= 11 is 0. The number of benzene rings is 7. The molecule has 0 bridgehead atoms. The molecule has 8 rings (SSSR count). The van der Waals surface area contributed by atoms with Crippen LogP contribution < -0.4 is 0 Å². The molecule has 0 aliphatic carbocycles. The molecular weight excluding hydrogens is 508 g/mol. The minimum absolute atomic E-state index is 0.0242. The van der Waals surface area contributed by atoms with Crippen LogP contribution in [0.4, 0.5) is 0 Å². The highest BCUT2D eigenvalue weighted by Crippen LogP contribution is 2.45. The molecule has 0 radical (unpaired) electrons. The Morgan fingerprint density at radius 3 is 1.76 bits per heavy atom. The van der Waals surface area contributed by atoms with Crippen LogP contribution in [0.2, 0.25) is 0 Å². The van der Waals surface area contributed by atoms with Gasteiger partial charge in [0.1, 0.15) is 5.82 Å². The van der Waals surface area contributed by atoms with Crippen molar-refractivity contribution in [2.45, 2.75) is 6.92 Å². The van der Waals surface area contributed by atoms with Crippen LogP contribution in [0.1, 0.15) is 23.6 Å². The normalized spacial score (nSPS) is 15.8. The molecule has 0 saturated carbocycles. The molecule has 0 amide bonds. The summed E-state index contributed by atoms with van der Waals surface area (Å²) in [5.41, 5.74) is 3.39. The van der Waals surface area contributed by atoms with Crippen LogP contribution in [0.3, 0.4) is 0 Å². The molecule has 0 unspecified atom stereocenters. The number of rotatable bonds is 4. The Balaban J connectivity index is 1.56. The fraction of sp³-hybridized carbons (Fsp3) is 0.0250. The Hall–Kier alpha value is -5.47. The molecule has 0 saturated heterocycles. The molecule has 42 heavy (non-hydrogen) atoms. The first kappa shape index (κ1) is 14.4. The van der Waals surface area contributed by atoms with Crippen molar-refractivity contribution in [3.05, 3.63) is 157 Å². The van der Waals surface area contributed by atoms with Crippen molar-refractivity contribution in [1.29, 1.82) is 0 Å². The number of nitrogens with zero attached hydrogens (tertiary/aromatic N) is 2. The third-order valence-electron chi connectivity index (χ3n) is 7.48. The van der Waals surface area contributed by atoms with Crippen LogP contribution in [0, 0.1) is 6.92 Å². The molecule has 198 valence electrons. The zero-order valence-electron chi connectivity index (χ0n) is 35.3. The molecule has 2 nitrogen and oxygen atoms in total. The first-order chi connectivity index (χ1) is 26.2. The molecule has 0 N–H and O–H groups in total. The van der Waals surface area contributed by atoms with Crippen LogP contribution in [0.25, 0.3) is 71.6 Å². The quantitative estimate of drug-likeness (QED) is 0.200. The number of hydrogen-bond donors (Lipinski definition) is 0. The van der Waals surface area contributed by atoms with Crippen LogP contribution in [0.15, 0.2) is 151 Å². The van der Waals surface area contributed by atoms with Gasteiger partial charge in [-0.2, -0.15) is 0 Å². The van der Waals surface area contributed by atoms with Crippen molar-refractivity contribution in [3.63, 3.8) is 0 Å². The molecule has 0 atom stereocenters. The van der Waals surface area contributed by atoms with E-state index in [1.54, 1.807) is 24.3 Å². The average molecular weight is 550 g/mol. The third kappa shape index (κ3) is 3.84. The summed E-state index contributed by atoms with van der Waals surface area (Å²) in [6, 6.07) is 14.7. The highest BCUT2D eigenvalue weighted by atomic mass is 15.1. The first-order valence-electron chi connectivity index (χ1n) is 19.8. The fourth-order valence-electron chi connectivity index (χ4n) is 5.71. The van der Waals surface area contributed by atoms with Gasteiger partial charge in [0.05, 0.1) is 34.5 Å². The minimum Gasteiger partial charge on any atom is -0.296 e. The topological polar surface area (TPSA) is 17.8 Å². The minimum atomic E-state index is -0.537. The van der Waals surface area contributed by atoms with Gasteiger partial charge in [0.25, 0.3) is 0 Å². The predicted molar refractivity (Wildman–Crippen MR) is 177 cm³/mol. The second-order valence-corrected chi connectivity index (χ2v) is 9.83. The van der Waals surface area contributed by atoms with Crippen molar-refractivity contribution in [3.8, 4) is 39.1 Å². The highest BCUT2D eigenvalue weighted by molar-refractivity contribution is 6.22. The van der Waals surface area contributed by atoms with Gasteiger partial charge in [-0.05, 0) is 74.5 Å². The van der Waals surface area contributed by atoms with Gasteiger partial charge < -0.3 is 0 Å². The number of para-hydroxylation sites is 3. The van der Waals surface area contributed by atoms with E-state index in [9.17, 15) is 5.48 Å². The van der Waals surface area contributed by atoms with E-state index in [4.69, 9.17) is 17.3 Å². The lowest BCUT2D eigenvalue weighted by atomic mass is 9.85. The maximum atomic E-state index is 9.35. The molecule has 0 aliphatic rings. The monoisotopic (exact) mass is 549 g/mol. The Morgan fingerprint density at radius 1 is 0.524 bits per heavy atom. The number of aryl methyl sites for hydroxylation is 1. The van der Waals surface area contributed by atoms with Crippen molar-refractivity contribution in [2.24, 2.45) is 0 Å². The Bertz CT molecular complexity index is 2860. The lowest BCUT2D eigenvalue weighted by molar-refractivity contribution is 1.00. The van der Waals surface area contributed by atoms with Gasteiger partial charge in [-0.1, -0.05) is 133 Å². The molecule has 2 heteroatoms. The molecule has 8 aromatic rings. The number of fused-ring (bicyclic) bond motifs is 3. The van der Waals surface area contributed by atoms with Crippen LogP contribution in [-0.4, -0.2) is 9.55 Å². The van der Waals surface area contributed by atoms with Gasteiger partial charge in [-0.3, -0.25) is 4.57 Å². The van der Waals surface area contributed by atoms with E-state index in [-0.39, 0.29) is 43.8 Å². The largest absolute Gasteiger partial charge is 0.296 e. The van der Waals surface area contributed by atoms with Crippen LogP contribution >= 0.6 is 0 Å². The van der Waals surface area contributed by atoms with E-state index in [1.165, 1.54) is 12.1 Å². The van der Waals surface area contributed by atoms with Crippen LogP contribution in [-0.2, 0) is 0 Å². The van der Waals surface area contributed by atoms with Crippen molar-refractivity contribution in [1.82, 2.24) is 9.55 Å². The van der Waals surface area contributed by atoms with Crippen molar-refractivity contribution in [2.75, 3.05) is 0 Å². The lowest BCUT2D eigenvalue weighted by Gasteiger charge is -2.20. The summed E-state index contributed by atoms with van der Waals surface area (Å²) in [7, 11) is 0. The molecule has 1 aromatic heterocycles. The molecule has 0 aliphatic heterocycles. The molecule has 7 aromatic carbocycles. The third-order valence-corrected chi connectivity index (χ3v) is 7.48. The maximum Gasteiger partial charge on any atom is 0.111 e. The van der Waals surface area contributed by atoms with E-state index in [1.807, 2.05) is 47.9 Å². The summed E-state index contributed by atoms with van der Waals surface area (Å²) in [5.74, 6) is 0.627. The van der Waals surface area contributed by atoms with Gasteiger partial charge in [0.15, 0.2) is 0 Å². The molecular formula is C40H28N2. The second kappa shape index (κ2) is 9.87. The fourth-order valence-corrected chi connectivity index (χ4v) is 5.71. The zero-order valence-corrected chi connectivity index (χ0v) is 22.3. The van der Waals surface area contributed by atoms with E-state index < -0.39 is 78.6 Å². The highest BCUT2D eigenvalue weighted by Gasteiger charge is 2.20. The van der Waals surface area contributed by atoms with E-state index in [0.29, 0.717) is 22.6 Å². The van der Waals surface area contributed by atoms with Crippen molar-refractivity contribution >= 4 is 32.6 Å². The average Bonchev–Trinajstić information content (AvgIpc) is 3.53. The summed E-state index contributed by atoms with van der Waals surface area (Å²) in [6.45, 7) is 1.84. The summed E-state index contributed by atoms with van der Waals surface area (Å²) in [6.07, 6.45) is 0. The number of aromatic nitrogens is 2. The number of hydrogen-bond acceptors (Lipinski definition) is 1. The van der Waals surface area contributed by atoms with Gasteiger partial charge >= 0.3 is 0 Å². The van der Waals surface area contributed by atoms with E-state index in [2.05, 4.69) is 0 Å². The molecule has 0 fully saturated rings. The number of imidazole rings is 1. The Labute approximate surface area is 263 Å². The summed E-state index contributed by atoms with van der Waals surface area (Å²) in [5, 5.41) is 0.137. The maximum absolute atomic E-state index is 9.35. The molecule has 0 spiro atoms. The van der Waals surface area contributed by atoms with Crippen molar-refractivity contribution < 1.29 is 17.8 Å². The van der Waals surface area contributed by atoms with Gasteiger partial charge in [0, 0.05) is 5.56 Å². The van der Waals surface area contributed by atoms with Gasteiger partial charge in [0.2, 0.25) is 0 Å². The van der Waals surface area contributed by atoms with Crippen LogP contribution in [0.5, 0.6) is 0 Å². The lowest BCUT2D eigenvalue weighted by Crippen LogP contribution is -2.00. The predicted octanol–water partition coefficient (Wildman–Crippen LogP) is 10.6. The zero-order chi connectivity index (χ0) is 39.4. The Kier molecular flexibility index (Phi) is 3.39. The van der Waals surface area contributed by atoms with E-state index in [0.717, 1.165) is 11.0 Å². The summed E-state index contributed by atoms with van der Waals surface area (Å²) in [4.78, 5) is 4.74. The first-order valence-corrected chi connectivity index (χ1v) is 13.3. The SMILES string of the molecule is [2H]c1c([2H])c([2H])c(-c2ccc(-c3c4c([2H])c([2H])c([2H])c([2H])c4c(-c4ccccc4-n4c(C)nc5ccccc54)c4c([2H])c([2H])c([2H])c([2H])c34)cc2)c([2H])c1[2H]. The Morgan fingerprint density at radius 2 is 1.07 bits per heavy atom. The van der Waals surface area contributed by atoms with E-state index >= 15 is 0 Å². The van der Waals surface area contributed by atoms with Gasteiger partial charge in [-0.25, -0.2) is 4.98 Å². The molecule has 1 heterocycles. The second-order valence-electron chi connectivity index (χ2n) is 9.83.